The van der Waals surface area contributed by atoms with Crippen LogP contribution in [0.25, 0.3) is 23.6 Å². The van der Waals surface area contributed by atoms with Crippen LogP contribution < -0.4 is 10.6 Å². The van der Waals surface area contributed by atoms with E-state index < -0.39 is 0 Å². The van der Waals surface area contributed by atoms with E-state index in [1.165, 1.54) is 0 Å². The number of rotatable bonds is 1. The molecular formula is C15H11NO. The van der Waals surface area contributed by atoms with Gasteiger partial charge in [-0.1, -0.05) is 30.8 Å². The van der Waals surface area contributed by atoms with Crippen molar-refractivity contribution in [1.29, 1.82) is 0 Å². The Balaban J connectivity index is 2.29. The van der Waals surface area contributed by atoms with Gasteiger partial charge in [0.05, 0.1) is 5.69 Å². The molecule has 0 N–H and O–H groups in total. The first-order valence-corrected chi connectivity index (χ1v) is 5.44. The Morgan fingerprint density at radius 1 is 1.06 bits per heavy atom. The van der Waals surface area contributed by atoms with Gasteiger partial charge in [0.15, 0.2) is 0 Å². The smallest absolute Gasteiger partial charge is 0.136 e. The number of fused-ring (bicyclic) bond motifs is 1. The maximum Gasteiger partial charge on any atom is 0.136 e. The summed E-state index contributed by atoms with van der Waals surface area (Å²) < 4.78 is 5.74. The Hall–Kier alpha value is -2.35. The SMILES string of the molecule is C=c1/c(=C/c2ccccn2)oc2ccccc12. The lowest BCUT2D eigenvalue weighted by Crippen LogP contribution is -2.18. The monoisotopic (exact) mass is 221 g/mol. The highest BCUT2D eigenvalue weighted by Gasteiger charge is 1.99. The predicted octanol–water partition coefficient (Wildman–Crippen LogP) is 2.07. The van der Waals surface area contributed by atoms with Crippen molar-refractivity contribution < 1.29 is 4.42 Å². The number of nitrogens with zero attached hydrogens (tertiary/aromatic N) is 1. The van der Waals surface area contributed by atoms with Crippen molar-refractivity contribution in [1.82, 2.24) is 4.98 Å². The number of furan rings is 1. The summed E-state index contributed by atoms with van der Waals surface area (Å²) >= 11 is 0. The molecule has 3 rings (SSSR count). The van der Waals surface area contributed by atoms with Gasteiger partial charge in [-0.25, -0.2) is 0 Å². The van der Waals surface area contributed by atoms with Gasteiger partial charge in [-0.05, 0) is 18.2 Å². The van der Waals surface area contributed by atoms with Crippen molar-refractivity contribution in [3.05, 3.63) is 65.0 Å². The average Bonchev–Trinajstić information content (AvgIpc) is 2.68. The van der Waals surface area contributed by atoms with Crippen LogP contribution in [0.5, 0.6) is 0 Å². The van der Waals surface area contributed by atoms with Crippen LogP contribution >= 0.6 is 0 Å². The van der Waals surface area contributed by atoms with E-state index in [1.54, 1.807) is 6.20 Å². The lowest BCUT2D eigenvalue weighted by molar-refractivity contribution is 0.575. The molecule has 0 spiro atoms. The molecule has 17 heavy (non-hydrogen) atoms. The lowest BCUT2D eigenvalue weighted by Gasteiger charge is -1.87. The maximum atomic E-state index is 5.74. The summed E-state index contributed by atoms with van der Waals surface area (Å²) in [5, 5.41) is 1.96. The molecule has 0 bridgehead atoms. The Morgan fingerprint density at radius 3 is 2.65 bits per heavy atom. The third kappa shape index (κ3) is 1.74. The van der Waals surface area contributed by atoms with Crippen LogP contribution in [0.15, 0.2) is 53.1 Å². The lowest BCUT2D eigenvalue weighted by atomic mass is 10.2. The summed E-state index contributed by atoms with van der Waals surface area (Å²) in [5.74, 6) is 0. The van der Waals surface area contributed by atoms with Crippen molar-refractivity contribution >= 4 is 23.6 Å². The summed E-state index contributed by atoms with van der Waals surface area (Å²) in [6.07, 6.45) is 3.67. The van der Waals surface area contributed by atoms with Crippen molar-refractivity contribution in [2.24, 2.45) is 0 Å². The Morgan fingerprint density at radius 2 is 1.88 bits per heavy atom. The maximum absolute atomic E-state index is 5.74. The van der Waals surface area contributed by atoms with E-state index in [-0.39, 0.29) is 0 Å². The average molecular weight is 221 g/mol. The van der Waals surface area contributed by atoms with Crippen molar-refractivity contribution in [2.45, 2.75) is 0 Å². The van der Waals surface area contributed by atoms with Crippen molar-refractivity contribution in [2.75, 3.05) is 0 Å². The first-order valence-electron chi connectivity index (χ1n) is 5.44. The summed E-state index contributed by atoms with van der Waals surface area (Å²) in [4.78, 5) is 4.24. The van der Waals surface area contributed by atoms with Crippen molar-refractivity contribution in [3.63, 3.8) is 0 Å². The summed E-state index contributed by atoms with van der Waals surface area (Å²) in [7, 11) is 0. The van der Waals surface area contributed by atoms with Crippen molar-refractivity contribution in [3.8, 4) is 0 Å². The zero-order valence-corrected chi connectivity index (χ0v) is 9.26. The Labute approximate surface area is 98.5 Å². The number of benzene rings is 1. The predicted molar refractivity (Wildman–Crippen MR) is 68.8 cm³/mol. The highest BCUT2D eigenvalue weighted by molar-refractivity contribution is 5.78. The van der Waals surface area contributed by atoms with Gasteiger partial charge in [0, 0.05) is 22.9 Å². The summed E-state index contributed by atoms with van der Waals surface area (Å²) in [5.41, 5.74) is 2.50. The van der Waals surface area contributed by atoms with Gasteiger partial charge in [0.1, 0.15) is 11.0 Å². The normalized spacial score (nSPS) is 12.1. The minimum Gasteiger partial charge on any atom is -0.456 e. The molecule has 0 saturated carbocycles. The first kappa shape index (κ1) is 9.85. The molecule has 0 fully saturated rings. The molecule has 0 saturated heterocycles. The van der Waals surface area contributed by atoms with Crippen LogP contribution in [-0.4, -0.2) is 4.98 Å². The van der Waals surface area contributed by atoms with Gasteiger partial charge in [0.25, 0.3) is 0 Å². The molecule has 0 amide bonds. The zero-order valence-electron chi connectivity index (χ0n) is 9.26. The van der Waals surface area contributed by atoms with E-state index in [0.29, 0.717) is 0 Å². The molecule has 0 aliphatic carbocycles. The third-order valence-electron chi connectivity index (χ3n) is 2.70. The van der Waals surface area contributed by atoms with Crippen LogP contribution in [0.2, 0.25) is 0 Å². The van der Waals surface area contributed by atoms with Gasteiger partial charge in [-0.15, -0.1) is 0 Å². The second-order valence-electron chi connectivity index (χ2n) is 3.84. The fourth-order valence-corrected chi connectivity index (χ4v) is 1.83. The molecule has 1 aromatic carbocycles. The van der Waals surface area contributed by atoms with E-state index in [9.17, 15) is 0 Å². The number of hydrogen-bond donors (Lipinski definition) is 0. The molecule has 2 nitrogen and oxygen atoms in total. The molecule has 0 unspecified atom stereocenters. The van der Waals surface area contributed by atoms with Gasteiger partial charge in [-0.3, -0.25) is 4.98 Å². The van der Waals surface area contributed by atoms with E-state index >= 15 is 0 Å². The second kappa shape index (κ2) is 3.91. The van der Waals surface area contributed by atoms with Gasteiger partial charge < -0.3 is 4.42 Å². The minimum absolute atomic E-state index is 0.768. The number of pyridine rings is 1. The summed E-state index contributed by atoms with van der Waals surface area (Å²) in [6, 6.07) is 13.7. The topological polar surface area (TPSA) is 26.0 Å². The molecule has 0 aliphatic heterocycles. The van der Waals surface area contributed by atoms with Crippen LogP contribution in [0, 0.1) is 0 Å². The first-order chi connectivity index (χ1) is 8.34. The molecule has 82 valence electrons. The second-order valence-corrected chi connectivity index (χ2v) is 3.84. The van der Waals surface area contributed by atoms with Crippen LogP contribution in [0.3, 0.4) is 0 Å². The van der Waals surface area contributed by atoms with Crippen LogP contribution in [0.4, 0.5) is 0 Å². The molecule has 0 radical (unpaired) electrons. The fourth-order valence-electron chi connectivity index (χ4n) is 1.83. The largest absolute Gasteiger partial charge is 0.456 e. The van der Waals surface area contributed by atoms with Crippen LogP contribution in [-0.2, 0) is 0 Å². The Kier molecular flexibility index (Phi) is 2.26. The zero-order chi connectivity index (χ0) is 11.7. The minimum atomic E-state index is 0.768. The molecule has 0 atom stereocenters. The van der Waals surface area contributed by atoms with Gasteiger partial charge >= 0.3 is 0 Å². The molecule has 2 heterocycles. The van der Waals surface area contributed by atoms with E-state index in [2.05, 4.69) is 11.6 Å². The Bertz CT molecular complexity index is 756. The fraction of sp³-hybridized carbons (Fsp3) is 0. The van der Waals surface area contributed by atoms with Gasteiger partial charge in [0.2, 0.25) is 0 Å². The molecule has 2 heteroatoms. The molecule has 0 aliphatic rings. The highest BCUT2D eigenvalue weighted by Crippen LogP contribution is 2.06. The standard InChI is InChI=1S/C15H11NO/c1-11-13-7-2-3-8-14(13)17-15(11)10-12-6-4-5-9-16-12/h2-10H,1H2/b15-10-. The van der Waals surface area contributed by atoms with E-state index in [0.717, 1.165) is 27.3 Å². The number of para-hydroxylation sites is 1. The molecule has 3 aromatic rings. The third-order valence-corrected chi connectivity index (χ3v) is 2.70. The molecule has 2 aromatic heterocycles. The van der Waals surface area contributed by atoms with E-state index in [1.807, 2.05) is 48.5 Å². The number of hydrogen-bond acceptors (Lipinski definition) is 2. The summed E-state index contributed by atoms with van der Waals surface area (Å²) in [6.45, 7) is 4.05. The number of aromatic nitrogens is 1. The quantitative estimate of drug-likeness (QED) is 0.628. The highest BCUT2D eigenvalue weighted by atomic mass is 16.3. The van der Waals surface area contributed by atoms with E-state index in [4.69, 9.17) is 4.42 Å². The van der Waals surface area contributed by atoms with Crippen LogP contribution in [0.1, 0.15) is 5.69 Å². The molecular weight excluding hydrogens is 210 g/mol. The van der Waals surface area contributed by atoms with Gasteiger partial charge in [-0.2, -0.15) is 0 Å².